The van der Waals surface area contributed by atoms with Crippen molar-refractivity contribution in [2.75, 3.05) is 12.4 Å². The number of methoxy groups -OCH3 is 1. The van der Waals surface area contributed by atoms with E-state index in [1.54, 1.807) is 7.11 Å². The SMILES string of the molecule is COCc1nnc(N[C@H](Cc2ccccc2)C(=O)O)s1. The molecule has 0 saturated carbocycles. The van der Waals surface area contributed by atoms with E-state index in [9.17, 15) is 9.90 Å². The van der Waals surface area contributed by atoms with Crippen molar-refractivity contribution in [2.45, 2.75) is 19.1 Å². The second-order valence-corrected chi connectivity index (χ2v) is 5.22. The number of anilines is 1. The maximum absolute atomic E-state index is 11.3. The first-order chi connectivity index (χ1) is 9.69. The number of nitrogens with one attached hydrogen (secondary N) is 1. The van der Waals surface area contributed by atoms with Crippen molar-refractivity contribution in [3.05, 3.63) is 40.9 Å². The molecule has 0 amide bonds. The number of carboxylic acid groups (broad SMARTS) is 1. The summed E-state index contributed by atoms with van der Waals surface area (Å²) in [4.78, 5) is 11.3. The van der Waals surface area contributed by atoms with Gasteiger partial charge in [-0.3, -0.25) is 0 Å². The molecule has 1 atom stereocenters. The number of nitrogens with zero attached hydrogens (tertiary/aromatic N) is 2. The molecule has 0 aliphatic carbocycles. The summed E-state index contributed by atoms with van der Waals surface area (Å²) in [5, 5.41) is 21.2. The fraction of sp³-hybridized carbons (Fsp3) is 0.308. The van der Waals surface area contributed by atoms with E-state index >= 15 is 0 Å². The van der Waals surface area contributed by atoms with Crippen molar-refractivity contribution in [2.24, 2.45) is 0 Å². The third-order valence-corrected chi connectivity index (χ3v) is 3.44. The number of benzene rings is 1. The van der Waals surface area contributed by atoms with Crippen LogP contribution in [0.15, 0.2) is 30.3 Å². The number of aromatic nitrogens is 2. The van der Waals surface area contributed by atoms with E-state index < -0.39 is 12.0 Å². The minimum absolute atomic E-state index is 0.371. The van der Waals surface area contributed by atoms with E-state index in [1.807, 2.05) is 30.3 Å². The largest absolute Gasteiger partial charge is 0.480 e. The van der Waals surface area contributed by atoms with Crippen LogP contribution in [0.25, 0.3) is 0 Å². The van der Waals surface area contributed by atoms with E-state index in [0.717, 1.165) is 5.56 Å². The molecule has 0 bridgehead atoms. The Balaban J connectivity index is 2.03. The molecule has 106 valence electrons. The van der Waals surface area contributed by atoms with Crippen LogP contribution in [0.1, 0.15) is 10.6 Å². The average molecular weight is 293 g/mol. The van der Waals surface area contributed by atoms with Crippen LogP contribution in [0.5, 0.6) is 0 Å². The summed E-state index contributed by atoms with van der Waals surface area (Å²) in [6.45, 7) is 0.371. The van der Waals surface area contributed by atoms with Crippen molar-refractivity contribution in [3.8, 4) is 0 Å². The lowest BCUT2D eigenvalue weighted by atomic mass is 10.1. The predicted molar refractivity (Wildman–Crippen MR) is 75.8 cm³/mol. The van der Waals surface area contributed by atoms with Gasteiger partial charge in [-0.05, 0) is 5.56 Å². The molecule has 0 radical (unpaired) electrons. The Bertz CT molecular complexity index is 559. The van der Waals surface area contributed by atoms with Gasteiger partial charge >= 0.3 is 5.97 Å². The summed E-state index contributed by atoms with van der Waals surface area (Å²) in [6.07, 6.45) is 0.384. The Morgan fingerprint density at radius 1 is 1.40 bits per heavy atom. The fourth-order valence-electron chi connectivity index (χ4n) is 1.69. The minimum Gasteiger partial charge on any atom is -0.480 e. The molecular weight excluding hydrogens is 278 g/mol. The second-order valence-electron chi connectivity index (χ2n) is 4.16. The topological polar surface area (TPSA) is 84.3 Å². The lowest BCUT2D eigenvalue weighted by Gasteiger charge is -2.13. The Morgan fingerprint density at radius 3 is 2.80 bits per heavy atom. The summed E-state index contributed by atoms with van der Waals surface area (Å²) in [7, 11) is 1.57. The zero-order chi connectivity index (χ0) is 14.4. The average Bonchev–Trinajstić information content (AvgIpc) is 2.87. The molecule has 0 aliphatic heterocycles. The maximum atomic E-state index is 11.3. The van der Waals surface area contributed by atoms with E-state index in [0.29, 0.717) is 23.2 Å². The first-order valence-electron chi connectivity index (χ1n) is 6.03. The lowest BCUT2D eigenvalue weighted by molar-refractivity contribution is -0.137. The number of hydrogen-bond acceptors (Lipinski definition) is 6. The molecule has 0 aliphatic rings. The van der Waals surface area contributed by atoms with Crippen molar-refractivity contribution >= 4 is 22.4 Å². The van der Waals surface area contributed by atoms with Gasteiger partial charge in [-0.1, -0.05) is 41.7 Å². The van der Waals surface area contributed by atoms with Gasteiger partial charge in [0, 0.05) is 13.5 Å². The first kappa shape index (κ1) is 14.4. The maximum Gasteiger partial charge on any atom is 0.326 e. The van der Waals surface area contributed by atoms with Crippen molar-refractivity contribution in [1.82, 2.24) is 10.2 Å². The van der Waals surface area contributed by atoms with Crippen LogP contribution in [-0.4, -0.2) is 34.4 Å². The van der Waals surface area contributed by atoms with Gasteiger partial charge in [-0.2, -0.15) is 0 Å². The Labute approximate surface area is 120 Å². The van der Waals surface area contributed by atoms with Gasteiger partial charge in [-0.25, -0.2) is 4.79 Å². The van der Waals surface area contributed by atoms with Gasteiger partial charge in [0.2, 0.25) is 5.13 Å². The Hall–Kier alpha value is -1.99. The van der Waals surface area contributed by atoms with Gasteiger partial charge in [0.15, 0.2) is 0 Å². The molecule has 2 N–H and O–H groups in total. The molecule has 2 aromatic rings. The second kappa shape index (κ2) is 6.97. The summed E-state index contributed by atoms with van der Waals surface area (Å²) >= 11 is 1.29. The van der Waals surface area contributed by atoms with Crippen LogP contribution in [0.4, 0.5) is 5.13 Å². The summed E-state index contributed by atoms with van der Waals surface area (Å²) in [5.41, 5.74) is 0.953. The van der Waals surface area contributed by atoms with Gasteiger partial charge in [0.1, 0.15) is 17.7 Å². The molecule has 0 saturated heterocycles. The zero-order valence-corrected chi connectivity index (χ0v) is 11.8. The van der Waals surface area contributed by atoms with Crippen molar-refractivity contribution in [3.63, 3.8) is 0 Å². The minimum atomic E-state index is -0.919. The number of aliphatic carboxylic acids is 1. The number of rotatable bonds is 7. The smallest absolute Gasteiger partial charge is 0.326 e. The third-order valence-electron chi connectivity index (χ3n) is 2.61. The van der Waals surface area contributed by atoms with Crippen LogP contribution in [0.3, 0.4) is 0 Å². The molecule has 2 rings (SSSR count). The van der Waals surface area contributed by atoms with Gasteiger partial charge in [0.05, 0.1) is 0 Å². The number of ether oxygens (including phenoxy) is 1. The van der Waals surface area contributed by atoms with Crippen LogP contribution in [0, 0.1) is 0 Å². The van der Waals surface area contributed by atoms with Crippen LogP contribution in [0.2, 0.25) is 0 Å². The van der Waals surface area contributed by atoms with Gasteiger partial charge < -0.3 is 15.2 Å². The standard InChI is InChI=1S/C13H15N3O3S/c1-19-8-11-15-16-13(20-11)14-10(12(17)18)7-9-5-3-2-4-6-9/h2-6,10H,7-8H2,1H3,(H,14,16)(H,17,18)/t10-/m1/s1. The number of carbonyl (C=O) groups is 1. The molecule has 20 heavy (non-hydrogen) atoms. The summed E-state index contributed by atoms with van der Waals surface area (Å²) < 4.78 is 4.95. The highest BCUT2D eigenvalue weighted by molar-refractivity contribution is 7.15. The third kappa shape index (κ3) is 4.01. The Morgan fingerprint density at radius 2 is 2.15 bits per heavy atom. The molecule has 0 fully saturated rings. The quantitative estimate of drug-likeness (QED) is 0.809. The van der Waals surface area contributed by atoms with Crippen LogP contribution >= 0.6 is 11.3 Å². The lowest BCUT2D eigenvalue weighted by Crippen LogP contribution is -2.31. The fourth-order valence-corrected chi connectivity index (χ4v) is 2.46. The van der Waals surface area contributed by atoms with Crippen LogP contribution in [-0.2, 0) is 22.6 Å². The predicted octanol–water partition coefficient (Wildman–Crippen LogP) is 1.79. The van der Waals surface area contributed by atoms with Crippen LogP contribution < -0.4 is 5.32 Å². The number of carboxylic acids is 1. The summed E-state index contributed by atoms with van der Waals surface area (Å²) in [5.74, 6) is -0.919. The van der Waals surface area contributed by atoms with Gasteiger partial charge in [0.25, 0.3) is 0 Å². The molecular formula is C13H15N3O3S. The molecule has 1 aromatic carbocycles. The highest BCUT2D eigenvalue weighted by Crippen LogP contribution is 2.18. The molecule has 1 aromatic heterocycles. The van der Waals surface area contributed by atoms with Crippen molar-refractivity contribution < 1.29 is 14.6 Å². The van der Waals surface area contributed by atoms with E-state index in [2.05, 4.69) is 15.5 Å². The van der Waals surface area contributed by atoms with E-state index in [4.69, 9.17) is 4.74 Å². The molecule has 0 unspecified atom stereocenters. The number of hydrogen-bond donors (Lipinski definition) is 2. The van der Waals surface area contributed by atoms with E-state index in [1.165, 1.54) is 11.3 Å². The Kier molecular flexibility index (Phi) is 5.03. The molecule has 7 heteroatoms. The van der Waals surface area contributed by atoms with E-state index in [-0.39, 0.29) is 0 Å². The van der Waals surface area contributed by atoms with Crippen molar-refractivity contribution in [1.29, 1.82) is 0 Å². The normalized spacial score (nSPS) is 12.1. The first-order valence-corrected chi connectivity index (χ1v) is 6.85. The highest BCUT2D eigenvalue weighted by Gasteiger charge is 2.19. The highest BCUT2D eigenvalue weighted by atomic mass is 32.1. The molecule has 1 heterocycles. The monoisotopic (exact) mass is 293 g/mol. The molecule has 6 nitrogen and oxygen atoms in total. The summed E-state index contributed by atoms with van der Waals surface area (Å²) in [6, 6.07) is 8.73. The zero-order valence-electron chi connectivity index (χ0n) is 10.9. The molecule has 0 spiro atoms. The van der Waals surface area contributed by atoms with Gasteiger partial charge in [-0.15, -0.1) is 10.2 Å².